The van der Waals surface area contributed by atoms with Crippen molar-refractivity contribution >= 4 is 23.2 Å². The summed E-state index contributed by atoms with van der Waals surface area (Å²) in [5.41, 5.74) is 1.13. The van der Waals surface area contributed by atoms with Gasteiger partial charge in [-0.1, -0.05) is 6.42 Å². The SMILES string of the molecule is O=C(c1cc([N+](=O)[O-])ccc1N1CCCCC1)N1CCN(C(=O)C2CCC2)CC1. The molecule has 29 heavy (non-hydrogen) atoms. The third-order valence-electron chi connectivity index (χ3n) is 6.45. The third kappa shape index (κ3) is 4.06. The van der Waals surface area contributed by atoms with Crippen LogP contribution in [0.5, 0.6) is 0 Å². The van der Waals surface area contributed by atoms with Gasteiger partial charge in [0.15, 0.2) is 0 Å². The molecule has 0 spiro atoms. The van der Waals surface area contributed by atoms with E-state index in [4.69, 9.17) is 0 Å². The van der Waals surface area contributed by atoms with E-state index in [-0.39, 0.29) is 23.4 Å². The molecule has 1 aromatic rings. The maximum absolute atomic E-state index is 13.3. The fourth-order valence-electron chi connectivity index (χ4n) is 4.43. The summed E-state index contributed by atoms with van der Waals surface area (Å²) in [5, 5.41) is 11.3. The zero-order valence-corrected chi connectivity index (χ0v) is 16.7. The second-order valence-corrected chi connectivity index (χ2v) is 8.25. The van der Waals surface area contributed by atoms with Gasteiger partial charge in [0.1, 0.15) is 0 Å². The van der Waals surface area contributed by atoms with Crippen molar-refractivity contribution in [3.05, 3.63) is 33.9 Å². The van der Waals surface area contributed by atoms with E-state index in [9.17, 15) is 19.7 Å². The molecule has 4 rings (SSSR count). The topological polar surface area (TPSA) is 87.0 Å². The highest BCUT2D eigenvalue weighted by Gasteiger charge is 2.33. The molecule has 8 heteroatoms. The quantitative estimate of drug-likeness (QED) is 0.573. The summed E-state index contributed by atoms with van der Waals surface area (Å²) in [6.45, 7) is 3.74. The summed E-state index contributed by atoms with van der Waals surface area (Å²) in [6.07, 6.45) is 6.37. The first-order chi connectivity index (χ1) is 14.0. The number of nitrogens with zero attached hydrogens (tertiary/aromatic N) is 4. The third-order valence-corrected chi connectivity index (χ3v) is 6.45. The summed E-state index contributed by atoms with van der Waals surface area (Å²) in [5.74, 6) is 0.206. The molecule has 2 saturated heterocycles. The van der Waals surface area contributed by atoms with Crippen molar-refractivity contribution in [3.63, 3.8) is 0 Å². The number of carbonyl (C=O) groups excluding carboxylic acids is 2. The van der Waals surface area contributed by atoms with E-state index >= 15 is 0 Å². The van der Waals surface area contributed by atoms with Crippen LogP contribution in [0.2, 0.25) is 0 Å². The predicted octanol–water partition coefficient (Wildman–Crippen LogP) is 2.67. The largest absolute Gasteiger partial charge is 0.371 e. The lowest BCUT2D eigenvalue weighted by molar-refractivity contribution is -0.384. The fourth-order valence-corrected chi connectivity index (χ4v) is 4.43. The Morgan fingerprint density at radius 3 is 2.14 bits per heavy atom. The first-order valence-corrected chi connectivity index (χ1v) is 10.7. The standard InChI is InChI=1S/C21H28N4O4/c26-20(16-5-4-6-16)23-11-13-24(14-12-23)21(27)18-15-17(25(28)29)7-8-19(18)22-9-2-1-3-10-22/h7-8,15-16H,1-6,9-14H2. The first kappa shape index (κ1) is 19.7. The van der Waals surface area contributed by atoms with Crippen LogP contribution in [0.1, 0.15) is 48.9 Å². The van der Waals surface area contributed by atoms with Crippen LogP contribution < -0.4 is 4.90 Å². The average Bonchev–Trinajstić information content (AvgIpc) is 2.72. The number of hydrogen-bond donors (Lipinski definition) is 0. The lowest BCUT2D eigenvalue weighted by atomic mass is 9.84. The molecule has 0 N–H and O–H groups in total. The van der Waals surface area contributed by atoms with Gasteiger partial charge in [-0.2, -0.15) is 0 Å². The molecule has 0 radical (unpaired) electrons. The number of piperazine rings is 1. The summed E-state index contributed by atoms with van der Waals surface area (Å²) in [6, 6.07) is 4.61. The number of nitro groups is 1. The smallest absolute Gasteiger partial charge is 0.270 e. The highest BCUT2D eigenvalue weighted by atomic mass is 16.6. The zero-order chi connectivity index (χ0) is 20.4. The number of anilines is 1. The van der Waals surface area contributed by atoms with Gasteiger partial charge < -0.3 is 14.7 Å². The number of piperidine rings is 1. The van der Waals surface area contributed by atoms with Crippen molar-refractivity contribution in [3.8, 4) is 0 Å². The summed E-state index contributed by atoms with van der Waals surface area (Å²) >= 11 is 0. The monoisotopic (exact) mass is 400 g/mol. The van der Waals surface area contributed by atoms with E-state index in [0.29, 0.717) is 31.7 Å². The lowest BCUT2D eigenvalue weighted by Crippen LogP contribution is -2.52. The minimum absolute atomic E-state index is 0.0621. The Hall–Kier alpha value is -2.64. The molecule has 2 heterocycles. The van der Waals surface area contributed by atoms with E-state index in [1.54, 1.807) is 11.0 Å². The van der Waals surface area contributed by atoms with Gasteiger partial charge in [0.2, 0.25) is 5.91 Å². The molecule has 1 saturated carbocycles. The van der Waals surface area contributed by atoms with Gasteiger partial charge in [-0.3, -0.25) is 19.7 Å². The van der Waals surface area contributed by atoms with E-state index in [1.165, 1.54) is 18.6 Å². The van der Waals surface area contributed by atoms with Crippen molar-refractivity contribution in [2.75, 3.05) is 44.2 Å². The minimum Gasteiger partial charge on any atom is -0.371 e. The average molecular weight is 400 g/mol. The second kappa shape index (κ2) is 8.39. The molecule has 2 aliphatic heterocycles. The van der Waals surface area contributed by atoms with Crippen LogP contribution in [-0.2, 0) is 4.79 Å². The Labute approximate surface area is 170 Å². The molecule has 156 valence electrons. The normalized spacial score (nSPS) is 20.3. The maximum Gasteiger partial charge on any atom is 0.270 e. The Kier molecular flexibility index (Phi) is 5.69. The number of carbonyl (C=O) groups is 2. The van der Waals surface area contributed by atoms with Crippen molar-refractivity contribution in [2.45, 2.75) is 38.5 Å². The summed E-state index contributed by atoms with van der Waals surface area (Å²) in [7, 11) is 0. The van der Waals surface area contributed by atoms with E-state index < -0.39 is 4.92 Å². The summed E-state index contributed by atoms with van der Waals surface area (Å²) in [4.78, 5) is 42.3. The molecule has 0 aromatic heterocycles. The molecular weight excluding hydrogens is 372 g/mol. The van der Waals surface area contributed by atoms with Crippen molar-refractivity contribution in [2.24, 2.45) is 5.92 Å². The van der Waals surface area contributed by atoms with Gasteiger partial charge in [-0.05, 0) is 38.2 Å². The first-order valence-electron chi connectivity index (χ1n) is 10.7. The van der Waals surface area contributed by atoms with E-state index in [2.05, 4.69) is 4.90 Å². The Morgan fingerprint density at radius 2 is 1.55 bits per heavy atom. The molecule has 0 atom stereocenters. The van der Waals surface area contributed by atoms with Crippen molar-refractivity contribution < 1.29 is 14.5 Å². The van der Waals surface area contributed by atoms with Gasteiger partial charge in [0, 0.05) is 57.3 Å². The molecular formula is C21H28N4O4. The van der Waals surface area contributed by atoms with E-state index in [0.717, 1.165) is 50.9 Å². The highest BCUT2D eigenvalue weighted by molar-refractivity contribution is 6.00. The predicted molar refractivity (Wildman–Crippen MR) is 109 cm³/mol. The molecule has 2 amide bonds. The molecule has 3 aliphatic rings. The number of amides is 2. The van der Waals surface area contributed by atoms with Gasteiger partial charge >= 0.3 is 0 Å². The van der Waals surface area contributed by atoms with Crippen LogP contribution in [0.4, 0.5) is 11.4 Å². The number of nitro benzene ring substituents is 1. The Morgan fingerprint density at radius 1 is 0.897 bits per heavy atom. The minimum atomic E-state index is -0.452. The molecule has 1 aromatic carbocycles. The van der Waals surface area contributed by atoms with Gasteiger partial charge in [-0.25, -0.2) is 0 Å². The van der Waals surface area contributed by atoms with Crippen LogP contribution in [0.15, 0.2) is 18.2 Å². The van der Waals surface area contributed by atoms with Crippen LogP contribution in [0.3, 0.4) is 0 Å². The van der Waals surface area contributed by atoms with Crippen LogP contribution in [0, 0.1) is 16.0 Å². The van der Waals surface area contributed by atoms with Gasteiger partial charge in [0.25, 0.3) is 11.6 Å². The number of rotatable bonds is 4. The zero-order valence-electron chi connectivity index (χ0n) is 16.7. The maximum atomic E-state index is 13.3. The lowest BCUT2D eigenvalue weighted by Gasteiger charge is -2.38. The Balaban J connectivity index is 1.50. The molecule has 8 nitrogen and oxygen atoms in total. The van der Waals surface area contributed by atoms with E-state index in [1.807, 2.05) is 4.90 Å². The fraction of sp³-hybridized carbons (Fsp3) is 0.619. The molecule has 3 fully saturated rings. The van der Waals surface area contributed by atoms with Crippen molar-refractivity contribution in [1.82, 2.24) is 9.80 Å². The molecule has 0 unspecified atom stereocenters. The number of non-ortho nitro benzene ring substituents is 1. The van der Waals surface area contributed by atoms with Crippen molar-refractivity contribution in [1.29, 1.82) is 0 Å². The number of benzene rings is 1. The highest BCUT2D eigenvalue weighted by Crippen LogP contribution is 2.31. The molecule has 1 aliphatic carbocycles. The van der Waals surface area contributed by atoms with Gasteiger partial charge in [0.05, 0.1) is 16.2 Å². The van der Waals surface area contributed by atoms with Gasteiger partial charge in [-0.15, -0.1) is 0 Å². The van der Waals surface area contributed by atoms with Crippen LogP contribution in [0.25, 0.3) is 0 Å². The molecule has 0 bridgehead atoms. The summed E-state index contributed by atoms with van der Waals surface area (Å²) < 4.78 is 0. The van der Waals surface area contributed by atoms with Crippen LogP contribution in [-0.4, -0.2) is 65.8 Å². The number of hydrogen-bond acceptors (Lipinski definition) is 5. The van der Waals surface area contributed by atoms with Crippen LogP contribution >= 0.6 is 0 Å². The Bertz CT molecular complexity index is 794. The second-order valence-electron chi connectivity index (χ2n) is 8.25.